The van der Waals surface area contributed by atoms with Gasteiger partial charge in [-0.05, 0) is 18.9 Å². The third kappa shape index (κ3) is 1.59. The van der Waals surface area contributed by atoms with Crippen LogP contribution in [0.3, 0.4) is 0 Å². The highest BCUT2D eigenvalue weighted by Crippen LogP contribution is 2.46. The molecule has 2 fully saturated rings. The van der Waals surface area contributed by atoms with Gasteiger partial charge in [0, 0.05) is 19.0 Å². The van der Waals surface area contributed by atoms with E-state index in [1.54, 1.807) is 11.8 Å². The number of carbonyl (C=O) groups excluding carboxylic acids is 1. The molecule has 0 radical (unpaired) electrons. The smallest absolute Gasteiger partial charge is 0.352 e. The lowest BCUT2D eigenvalue weighted by Gasteiger charge is -2.44. The molecule has 20 heavy (non-hydrogen) atoms. The van der Waals surface area contributed by atoms with Crippen LogP contribution in [0.4, 0.5) is 0 Å². The molecule has 3 aliphatic rings. The Morgan fingerprint density at radius 2 is 2.15 bits per heavy atom. The highest BCUT2D eigenvalue weighted by atomic mass is 16.4. The third-order valence-electron chi connectivity index (χ3n) is 4.55. The molecule has 0 bridgehead atoms. The van der Waals surface area contributed by atoms with Crippen LogP contribution in [-0.4, -0.2) is 63.5 Å². The fourth-order valence-electron chi connectivity index (χ4n) is 3.50. The molecule has 3 rings (SSSR count). The van der Waals surface area contributed by atoms with Crippen molar-refractivity contribution in [1.29, 1.82) is 5.41 Å². The molecule has 0 unspecified atom stereocenters. The normalized spacial score (nSPS) is 30.8. The highest BCUT2D eigenvalue weighted by molar-refractivity contribution is 5.99. The van der Waals surface area contributed by atoms with Gasteiger partial charge in [0.2, 0.25) is 5.91 Å². The fraction of sp³-hybridized carbons (Fsp3) is 0.615. The van der Waals surface area contributed by atoms with Crippen LogP contribution in [0, 0.1) is 17.2 Å². The summed E-state index contributed by atoms with van der Waals surface area (Å²) in [6, 6.07) is -0.211. The lowest BCUT2D eigenvalue weighted by Crippen LogP contribution is -2.61. The summed E-state index contributed by atoms with van der Waals surface area (Å²) in [5, 5.41) is 26.1. The van der Waals surface area contributed by atoms with Crippen LogP contribution in [0.2, 0.25) is 0 Å². The largest absolute Gasteiger partial charge is 0.477 e. The monoisotopic (exact) mass is 279 g/mol. The predicted octanol–water partition coefficient (Wildman–Crippen LogP) is -0.525. The molecule has 7 nitrogen and oxygen atoms in total. The van der Waals surface area contributed by atoms with Crippen molar-refractivity contribution >= 4 is 18.2 Å². The number of carboxylic acids is 1. The number of aliphatic hydroxyl groups excluding tert-OH is 1. The van der Waals surface area contributed by atoms with E-state index in [-0.39, 0.29) is 23.6 Å². The second kappa shape index (κ2) is 4.31. The number of amides is 1. The molecule has 0 aromatic rings. The van der Waals surface area contributed by atoms with Crippen molar-refractivity contribution in [3.05, 3.63) is 11.3 Å². The van der Waals surface area contributed by atoms with Gasteiger partial charge in [0.15, 0.2) is 0 Å². The Morgan fingerprint density at radius 3 is 2.65 bits per heavy atom. The standard InChI is InChI=1S/C13H17N3O4/c1-6(17)10-9-2-8(7-3-15(4-7)5-14)11(13(19)20)16(9)12(10)18/h5-7,9-10,14,17H,2-4H2,1H3,(H,19,20)/t6-,9-,10-/m1/s1. The average molecular weight is 279 g/mol. The lowest BCUT2D eigenvalue weighted by molar-refractivity contribution is -0.161. The van der Waals surface area contributed by atoms with Crippen molar-refractivity contribution in [2.45, 2.75) is 25.5 Å². The van der Waals surface area contributed by atoms with Crippen molar-refractivity contribution in [2.24, 2.45) is 11.8 Å². The summed E-state index contributed by atoms with van der Waals surface area (Å²) < 4.78 is 0. The number of rotatable bonds is 4. The van der Waals surface area contributed by atoms with Gasteiger partial charge in [0.25, 0.3) is 0 Å². The van der Waals surface area contributed by atoms with Crippen molar-refractivity contribution in [3.8, 4) is 0 Å². The van der Waals surface area contributed by atoms with E-state index in [0.717, 1.165) is 5.57 Å². The summed E-state index contributed by atoms with van der Waals surface area (Å²) in [6.45, 7) is 2.83. The van der Waals surface area contributed by atoms with Crippen LogP contribution < -0.4 is 0 Å². The van der Waals surface area contributed by atoms with Crippen LogP contribution in [0.5, 0.6) is 0 Å². The molecule has 0 aromatic heterocycles. The van der Waals surface area contributed by atoms with Gasteiger partial charge in [-0.2, -0.15) is 0 Å². The van der Waals surface area contributed by atoms with Gasteiger partial charge in [-0.1, -0.05) is 0 Å². The second-order valence-corrected chi connectivity index (χ2v) is 5.71. The van der Waals surface area contributed by atoms with Crippen molar-refractivity contribution in [3.63, 3.8) is 0 Å². The Morgan fingerprint density at radius 1 is 1.50 bits per heavy atom. The Labute approximate surface area is 116 Å². The minimum absolute atomic E-state index is 0.0933. The number of likely N-dealkylation sites (tertiary alicyclic amines) is 1. The number of hydrogen-bond donors (Lipinski definition) is 3. The van der Waals surface area contributed by atoms with Crippen molar-refractivity contribution in [1.82, 2.24) is 9.80 Å². The molecule has 0 saturated carbocycles. The van der Waals surface area contributed by atoms with Crippen LogP contribution >= 0.6 is 0 Å². The van der Waals surface area contributed by atoms with Crippen LogP contribution in [0.15, 0.2) is 11.3 Å². The number of carbonyl (C=O) groups is 2. The van der Waals surface area contributed by atoms with E-state index in [2.05, 4.69) is 0 Å². The Hall–Kier alpha value is -1.89. The Kier molecular flexibility index (Phi) is 2.82. The molecule has 3 N–H and O–H groups in total. The molecule has 3 aliphatic heterocycles. The number of aliphatic carboxylic acids is 1. The summed E-state index contributed by atoms with van der Waals surface area (Å²) in [4.78, 5) is 26.6. The first kappa shape index (κ1) is 13.1. The number of aliphatic hydroxyl groups is 1. The van der Waals surface area contributed by atoms with Gasteiger partial charge in [-0.15, -0.1) is 0 Å². The average Bonchev–Trinajstić information content (AvgIpc) is 2.62. The quantitative estimate of drug-likeness (QED) is 0.365. The first-order valence-corrected chi connectivity index (χ1v) is 6.67. The minimum Gasteiger partial charge on any atom is -0.477 e. The molecule has 108 valence electrons. The van der Waals surface area contributed by atoms with Gasteiger partial charge in [0.1, 0.15) is 5.70 Å². The summed E-state index contributed by atoms with van der Waals surface area (Å²) in [7, 11) is 0. The third-order valence-corrected chi connectivity index (χ3v) is 4.55. The van der Waals surface area contributed by atoms with Gasteiger partial charge in [0.05, 0.1) is 24.4 Å². The van der Waals surface area contributed by atoms with Gasteiger partial charge in [-0.3, -0.25) is 10.2 Å². The molecule has 1 amide bonds. The van der Waals surface area contributed by atoms with Gasteiger partial charge in [-0.25, -0.2) is 4.79 Å². The zero-order chi connectivity index (χ0) is 14.6. The van der Waals surface area contributed by atoms with Crippen LogP contribution in [0.1, 0.15) is 13.3 Å². The molecule has 0 aliphatic carbocycles. The summed E-state index contributed by atoms with van der Waals surface area (Å²) in [6.07, 6.45) is 1.02. The molecular formula is C13H17N3O4. The summed E-state index contributed by atoms with van der Waals surface area (Å²) >= 11 is 0. The summed E-state index contributed by atoms with van der Waals surface area (Å²) in [5.74, 6) is -1.76. The first-order valence-electron chi connectivity index (χ1n) is 6.67. The lowest BCUT2D eigenvalue weighted by atomic mass is 9.81. The highest BCUT2D eigenvalue weighted by Gasteiger charge is 2.57. The number of nitrogens with zero attached hydrogens (tertiary/aromatic N) is 2. The fourth-order valence-corrected chi connectivity index (χ4v) is 3.50. The second-order valence-electron chi connectivity index (χ2n) is 5.71. The Balaban J connectivity index is 1.85. The molecule has 0 aromatic carbocycles. The maximum Gasteiger partial charge on any atom is 0.352 e. The topological polar surface area (TPSA) is 105 Å². The van der Waals surface area contributed by atoms with Gasteiger partial charge < -0.3 is 20.0 Å². The zero-order valence-electron chi connectivity index (χ0n) is 11.1. The maximum atomic E-state index is 12.0. The molecule has 3 heterocycles. The van der Waals surface area contributed by atoms with E-state index in [1.165, 1.54) is 11.2 Å². The number of carboxylic acid groups (broad SMARTS) is 1. The van der Waals surface area contributed by atoms with E-state index in [0.29, 0.717) is 19.5 Å². The van der Waals surface area contributed by atoms with Crippen LogP contribution in [-0.2, 0) is 9.59 Å². The predicted molar refractivity (Wildman–Crippen MR) is 68.9 cm³/mol. The van der Waals surface area contributed by atoms with Gasteiger partial charge >= 0.3 is 5.97 Å². The molecule has 0 spiro atoms. The zero-order valence-corrected chi connectivity index (χ0v) is 11.1. The molecule has 7 heteroatoms. The minimum atomic E-state index is -1.08. The maximum absolute atomic E-state index is 12.0. The van der Waals surface area contributed by atoms with E-state index in [4.69, 9.17) is 5.41 Å². The van der Waals surface area contributed by atoms with E-state index in [9.17, 15) is 19.8 Å². The molecule has 3 atom stereocenters. The molecular weight excluding hydrogens is 262 g/mol. The van der Waals surface area contributed by atoms with Crippen molar-refractivity contribution in [2.75, 3.05) is 13.1 Å². The number of β-lactam (4-membered cyclic amide) rings is 1. The molecule has 2 saturated heterocycles. The SMILES string of the molecule is C[C@@H](O)[C@H]1C(=O)N2C(C(=O)O)=C(C3CN(C=N)C3)C[C@H]12. The van der Waals surface area contributed by atoms with E-state index >= 15 is 0 Å². The Bertz CT molecular complexity index is 522. The first-order chi connectivity index (χ1) is 9.45. The summed E-state index contributed by atoms with van der Waals surface area (Å²) in [5.41, 5.74) is 0.892. The van der Waals surface area contributed by atoms with E-state index in [1.807, 2.05) is 0 Å². The van der Waals surface area contributed by atoms with E-state index < -0.39 is 18.0 Å². The number of fused-ring (bicyclic) bond motifs is 1. The van der Waals surface area contributed by atoms with Crippen LogP contribution in [0.25, 0.3) is 0 Å². The number of nitrogens with one attached hydrogen (secondary N) is 1. The van der Waals surface area contributed by atoms with Crippen molar-refractivity contribution < 1.29 is 19.8 Å². The number of hydrogen-bond acceptors (Lipinski definition) is 4.